The van der Waals surface area contributed by atoms with Crippen LogP contribution in [0.2, 0.25) is 0 Å². The molecule has 0 spiro atoms. The summed E-state index contributed by atoms with van der Waals surface area (Å²) in [5, 5.41) is 55.0. The molecule has 0 unspecified atom stereocenters. The van der Waals surface area contributed by atoms with Crippen molar-refractivity contribution in [1.82, 2.24) is 0 Å². The van der Waals surface area contributed by atoms with Crippen LogP contribution in [-0.2, 0) is 28.5 Å². The van der Waals surface area contributed by atoms with Crippen molar-refractivity contribution in [3.8, 4) is 0 Å². The van der Waals surface area contributed by atoms with Gasteiger partial charge in [-0.25, -0.2) is 4.79 Å². The zero-order chi connectivity index (χ0) is 48.3. The minimum atomic E-state index is -1.80. The molecule has 6 aliphatic rings. The van der Waals surface area contributed by atoms with Crippen LogP contribution >= 0.6 is 0 Å². The van der Waals surface area contributed by atoms with Gasteiger partial charge in [-0.2, -0.15) is 0 Å². The summed E-state index contributed by atoms with van der Waals surface area (Å²) in [7, 11) is 2.87. The SMILES string of the molecule is CO/C1=C\C(C)=C\[C@@H](C)[C@@H](O)[C@@H](C)C/C(C)=C/C=C/[C@H](OC)[C@@H]([C@@H](C)[C@@H](O)[C@H](C)[C@@]2(O)C[C@@H](O)[C@H](C)[C@@H](C(C)C)O2)OC1=O.C[C@]12CC[C@H](O)CC1=CC[C@@H]1[C@@H]2CC[C@]2(C)C(=O)CC[C@@H]12. The number of carbonyl (C=O) groups excluding carboxylic acids is 2. The van der Waals surface area contributed by atoms with Crippen molar-refractivity contribution in [3.05, 3.63) is 58.9 Å². The number of cyclic esters (lactones) is 1. The fraction of sp³-hybridized carbons (Fsp3) is 0.778. The van der Waals surface area contributed by atoms with E-state index in [4.69, 9.17) is 18.9 Å². The van der Waals surface area contributed by atoms with Crippen LogP contribution in [0.25, 0.3) is 0 Å². The number of methoxy groups -OCH3 is 2. The Kier molecular flexibility index (Phi) is 17.8. The number of ketones is 1. The average molecular weight is 911 g/mol. The Morgan fingerprint density at radius 1 is 0.892 bits per heavy atom. The number of rotatable bonds is 7. The number of ether oxygens (including phenoxy) is 4. The lowest BCUT2D eigenvalue weighted by Crippen LogP contribution is -2.59. The highest BCUT2D eigenvalue weighted by Crippen LogP contribution is 2.64. The van der Waals surface area contributed by atoms with Gasteiger partial charge in [0.15, 0.2) is 5.79 Å². The molecule has 0 aromatic carbocycles. The minimum absolute atomic E-state index is 0.00492. The topological polar surface area (TPSA) is 172 Å². The van der Waals surface area contributed by atoms with Gasteiger partial charge in [-0.05, 0) is 106 Å². The van der Waals surface area contributed by atoms with Crippen molar-refractivity contribution in [2.45, 2.75) is 189 Å². The summed E-state index contributed by atoms with van der Waals surface area (Å²) in [6.45, 7) is 21.7. The standard InChI is InChI=1S/C35H58O9.C19H28O2/c1-19(2)32-24(7)27(36)18-35(40,44-32)26(9)31(38)25(8)33-28(41-10)14-12-13-20(3)15-22(5)30(37)23(6)16-21(4)17-29(42-11)34(39)43-33;1-18-9-7-13(20)11-12(18)3-4-14-15-5-6-17(21)19(15,2)10-8-16(14)18/h12-14,16-17,19,22-28,30-33,36-38,40H,15,18H2,1-11H3;3,13-16,20H,4-11H2,1-2H3/b14-12+,20-13+,21-16+,29-17-;/t22-,23+,24-,25-,26-,27+,28-,30-,31+,32+,33+,35+;13-,14-,15-,16-,18-,19-/m00/s1. The monoisotopic (exact) mass is 911 g/mol. The third kappa shape index (κ3) is 11.5. The Balaban J connectivity index is 0.000000309. The number of esters is 1. The van der Waals surface area contributed by atoms with E-state index < -0.39 is 60.2 Å². The maximum absolute atomic E-state index is 13.5. The summed E-state index contributed by atoms with van der Waals surface area (Å²) in [6.07, 6.45) is 15.6. The van der Waals surface area contributed by atoms with Gasteiger partial charge in [0.2, 0.25) is 5.76 Å². The van der Waals surface area contributed by atoms with Crippen molar-refractivity contribution in [2.24, 2.45) is 64.1 Å². The Bertz CT molecular complexity index is 1810. The molecule has 11 nitrogen and oxygen atoms in total. The van der Waals surface area contributed by atoms with Crippen LogP contribution < -0.4 is 0 Å². The summed E-state index contributed by atoms with van der Waals surface area (Å²) in [5.41, 5.74) is 3.59. The highest BCUT2D eigenvalue weighted by molar-refractivity contribution is 5.87. The van der Waals surface area contributed by atoms with E-state index in [1.807, 2.05) is 66.7 Å². The van der Waals surface area contributed by atoms with Crippen LogP contribution in [-0.4, -0.2) is 100 Å². The summed E-state index contributed by atoms with van der Waals surface area (Å²) < 4.78 is 23.4. The zero-order valence-corrected chi connectivity index (χ0v) is 42.0. The Hall–Kier alpha value is -2.64. The number of Topliss-reactive ketones (excluding diaryl/α,β-unsaturated/α-hetero) is 1. The van der Waals surface area contributed by atoms with E-state index in [-0.39, 0.29) is 47.4 Å². The number of allylic oxidation sites excluding steroid dienone is 6. The zero-order valence-electron chi connectivity index (χ0n) is 42.0. The number of carbonyl (C=O) groups is 2. The van der Waals surface area contributed by atoms with Crippen LogP contribution in [0.5, 0.6) is 0 Å². The fourth-order valence-electron chi connectivity index (χ4n) is 13.0. The first-order valence-electron chi connectivity index (χ1n) is 24.8. The van der Waals surface area contributed by atoms with E-state index in [9.17, 15) is 35.1 Å². The first-order chi connectivity index (χ1) is 30.4. The lowest BCUT2D eigenvalue weighted by molar-refractivity contribution is -0.328. The molecule has 65 heavy (non-hydrogen) atoms. The first-order valence-corrected chi connectivity index (χ1v) is 24.8. The average Bonchev–Trinajstić information content (AvgIpc) is 3.57. The molecule has 2 heterocycles. The number of hydrogen-bond acceptors (Lipinski definition) is 11. The molecule has 0 radical (unpaired) electrons. The first kappa shape index (κ1) is 53.3. The van der Waals surface area contributed by atoms with E-state index in [0.29, 0.717) is 29.5 Å². The van der Waals surface area contributed by atoms with E-state index in [1.54, 1.807) is 26.0 Å². The molecule has 0 aromatic heterocycles. The maximum atomic E-state index is 13.5. The Morgan fingerprint density at radius 2 is 1.55 bits per heavy atom. The second kappa shape index (κ2) is 21.8. The maximum Gasteiger partial charge on any atom is 0.373 e. The highest BCUT2D eigenvalue weighted by Gasteiger charge is 2.58. The van der Waals surface area contributed by atoms with Crippen LogP contribution in [0.15, 0.2) is 58.9 Å². The number of hydrogen-bond donors (Lipinski definition) is 5. The number of aliphatic hydroxyl groups excluding tert-OH is 4. The summed E-state index contributed by atoms with van der Waals surface area (Å²) in [6, 6.07) is 0. The lowest BCUT2D eigenvalue weighted by atomic mass is 9.48. The molecule has 4 aliphatic carbocycles. The van der Waals surface area contributed by atoms with Crippen molar-refractivity contribution >= 4 is 11.8 Å². The molecular formula is C54H86O11. The van der Waals surface area contributed by atoms with E-state index in [1.165, 1.54) is 26.2 Å². The molecular weight excluding hydrogens is 825 g/mol. The molecule has 6 rings (SSSR count). The molecule has 3 saturated carbocycles. The minimum Gasteiger partial charge on any atom is -0.490 e. The second-order valence-electron chi connectivity index (χ2n) is 22.1. The predicted molar refractivity (Wildman–Crippen MR) is 253 cm³/mol. The van der Waals surface area contributed by atoms with E-state index in [2.05, 4.69) is 19.9 Å². The smallest absolute Gasteiger partial charge is 0.373 e. The number of aliphatic hydroxyl groups is 5. The molecule has 0 bridgehead atoms. The quantitative estimate of drug-likeness (QED) is 0.122. The third-order valence-corrected chi connectivity index (χ3v) is 17.3. The molecule has 2 aliphatic heterocycles. The second-order valence-corrected chi connectivity index (χ2v) is 22.1. The van der Waals surface area contributed by atoms with Crippen LogP contribution in [0.4, 0.5) is 0 Å². The molecule has 11 heteroatoms. The fourth-order valence-corrected chi connectivity index (χ4v) is 13.0. The third-order valence-electron chi connectivity index (χ3n) is 17.3. The summed E-state index contributed by atoms with van der Waals surface area (Å²) >= 11 is 0. The lowest BCUT2D eigenvalue weighted by Gasteiger charge is -2.56. The van der Waals surface area contributed by atoms with Gasteiger partial charge in [0, 0.05) is 49.0 Å². The Morgan fingerprint density at radius 3 is 2.20 bits per heavy atom. The predicted octanol–water partition coefficient (Wildman–Crippen LogP) is 8.57. The van der Waals surface area contributed by atoms with Gasteiger partial charge in [-0.15, -0.1) is 0 Å². The van der Waals surface area contributed by atoms with Crippen LogP contribution in [0.3, 0.4) is 0 Å². The van der Waals surface area contributed by atoms with Gasteiger partial charge < -0.3 is 44.5 Å². The summed E-state index contributed by atoms with van der Waals surface area (Å²) in [4.78, 5) is 25.9. The van der Waals surface area contributed by atoms with E-state index in [0.717, 1.165) is 62.0 Å². The molecule has 0 amide bonds. The van der Waals surface area contributed by atoms with Crippen molar-refractivity contribution in [1.29, 1.82) is 0 Å². The van der Waals surface area contributed by atoms with Gasteiger partial charge in [-0.3, -0.25) is 4.79 Å². The van der Waals surface area contributed by atoms with Crippen LogP contribution in [0, 0.1) is 64.1 Å². The molecule has 0 aromatic rings. The van der Waals surface area contributed by atoms with Crippen LogP contribution in [0.1, 0.15) is 140 Å². The van der Waals surface area contributed by atoms with Gasteiger partial charge in [0.1, 0.15) is 18.0 Å². The highest BCUT2D eigenvalue weighted by atomic mass is 16.6. The molecule has 4 fully saturated rings. The number of fused-ring (bicyclic) bond motifs is 5. The molecule has 5 N–H and O–H groups in total. The normalized spacial score (nSPS) is 44.9. The summed E-state index contributed by atoms with van der Waals surface area (Å²) in [5.74, 6) is -1.89. The molecule has 1 saturated heterocycles. The van der Waals surface area contributed by atoms with E-state index >= 15 is 0 Å². The van der Waals surface area contributed by atoms with Crippen molar-refractivity contribution in [3.63, 3.8) is 0 Å². The van der Waals surface area contributed by atoms with Gasteiger partial charge in [0.05, 0.1) is 37.6 Å². The van der Waals surface area contributed by atoms with Gasteiger partial charge >= 0.3 is 5.97 Å². The van der Waals surface area contributed by atoms with Gasteiger partial charge in [0.25, 0.3) is 0 Å². The molecule has 368 valence electrons. The largest absolute Gasteiger partial charge is 0.490 e. The molecule has 18 atom stereocenters. The Labute approximate surface area is 390 Å². The van der Waals surface area contributed by atoms with Crippen molar-refractivity contribution in [2.75, 3.05) is 14.2 Å². The van der Waals surface area contributed by atoms with Gasteiger partial charge in [-0.1, -0.05) is 109 Å². The van der Waals surface area contributed by atoms with Crippen molar-refractivity contribution < 1.29 is 54.1 Å².